The number of hydrogen-bond donors (Lipinski definition) is 0. The SMILES string of the molecule is COC(=O)[O-].COC(=O)[O-].COC(=O)[O-].COC(=O)[O-].COC(=O)[O-].COC(=O)[O-].[W]. The van der Waals surface area contributed by atoms with E-state index in [1.54, 1.807) is 0 Å². The molecular weight excluding hydrogens is 616 g/mol. The summed E-state index contributed by atoms with van der Waals surface area (Å²) in [5.41, 5.74) is 0. The van der Waals surface area contributed by atoms with Gasteiger partial charge in [0.25, 0.3) is 36.9 Å². The van der Waals surface area contributed by atoms with Crippen molar-refractivity contribution in [2.24, 2.45) is 0 Å². The minimum absolute atomic E-state index is 0. The minimum atomic E-state index is -1.50. The van der Waals surface area contributed by atoms with Gasteiger partial charge in [0.15, 0.2) is 0 Å². The Labute approximate surface area is 189 Å². The van der Waals surface area contributed by atoms with E-state index in [9.17, 15) is 0 Å². The van der Waals surface area contributed by atoms with Crippen LogP contribution in [0.1, 0.15) is 0 Å². The summed E-state index contributed by atoms with van der Waals surface area (Å²) < 4.78 is 21.3. The first-order chi connectivity index (χ1) is 13.6. The first-order valence-corrected chi connectivity index (χ1v) is 6.12. The molecule has 0 saturated carbocycles. The Morgan fingerprint density at radius 3 is 0.387 bits per heavy atom. The van der Waals surface area contributed by atoms with E-state index in [4.69, 9.17) is 59.4 Å². The van der Waals surface area contributed by atoms with E-state index in [2.05, 4.69) is 28.4 Å². The van der Waals surface area contributed by atoms with E-state index < -0.39 is 36.9 Å². The Bertz CT molecular complexity index is 356. The number of carboxylic acid groups (broad SMARTS) is 6. The number of methoxy groups -OCH3 is 6. The van der Waals surface area contributed by atoms with Gasteiger partial charge in [-0.3, -0.25) is 0 Å². The zero-order valence-corrected chi connectivity index (χ0v) is 19.7. The van der Waals surface area contributed by atoms with Gasteiger partial charge in [0.1, 0.15) is 0 Å². The monoisotopic (exact) mass is 634 g/mol. The van der Waals surface area contributed by atoms with Crippen LogP contribution in [0.2, 0.25) is 0 Å². The standard InChI is InChI=1S/6C2H4O3.W/c6*1-5-2(3)4;/h6*1H3,(H,3,4);/p-6. The Kier molecular flexibility index (Phi) is 60.4. The second-order valence-corrected chi connectivity index (χ2v) is 2.72. The van der Waals surface area contributed by atoms with Gasteiger partial charge in [-0.15, -0.1) is 0 Å². The molecule has 18 nitrogen and oxygen atoms in total. The summed E-state index contributed by atoms with van der Waals surface area (Å²) in [6.45, 7) is 0. The van der Waals surface area contributed by atoms with Crippen molar-refractivity contribution in [2.75, 3.05) is 42.7 Å². The fourth-order valence-corrected chi connectivity index (χ4v) is 0. The average molecular weight is 634 g/mol. The van der Waals surface area contributed by atoms with Gasteiger partial charge in [0, 0.05) is 63.7 Å². The van der Waals surface area contributed by atoms with E-state index >= 15 is 0 Å². The molecule has 0 aromatic rings. The first-order valence-electron chi connectivity index (χ1n) is 6.12. The summed E-state index contributed by atoms with van der Waals surface area (Å²) in [5.74, 6) is 0. The van der Waals surface area contributed by atoms with Crippen LogP contribution < -0.4 is 30.6 Å². The molecule has 0 rings (SSSR count). The van der Waals surface area contributed by atoms with Gasteiger partial charge in [0.05, 0.1) is 0 Å². The Morgan fingerprint density at radius 1 is 0.355 bits per heavy atom. The van der Waals surface area contributed by atoms with Crippen molar-refractivity contribution < 1.29 is 109 Å². The van der Waals surface area contributed by atoms with Crippen LogP contribution in [0.25, 0.3) is 0 Å². The first kappa shape index (κ1) is 45.8. The molecule has 0 fully saturated rings. The van der Waals surface area contributed by atoms with Gasteiger partial charge in [-0.1, -0.05) is 0 Å². The maximum atomic E-state index is 9.03. The zero-order chi connectivity index (χ0) is 25.7. The molecule has 0 N–H and O–H groups in total. The van der Waals surface area contributed by atoms with Crippen molar-refractivity contribution >= 4 is 36.9 Å². The van der Waals surface area contributed by atoms with Crippen LogP contribution in [0.3, 0.4) is 0 Å². The van der Waals surface area contributed by atoms with Gasteiger partial charge >= 0.3 is 0 Å². The van der Waals surface area contributed by atoms with Crippen molar-refractivity contribution in [3.63, 3.8) is 0 Å². The van der Waals surface area contributed by atoms with Gasteiger partial charge in [0.2, 0.25) is 0 Å². The fourth-order valence-electron chi connectivity index (χ4n) is 0. The molecule has 0 spiro atoms. The average Bonchev–Trinajstić information content (AvgIpc) is 2.69. The van der Waals surface area contributed by atoms with E-state index in [1.165, 1.54) is 0 Å². The molecule has 0 aliphatic heterocycles. The quantitative estimate of drug-likeness (QED) is 0.177. The van der Waals surface area contributed by atoms with E-state index in [0.717, 1.165) is 42.7 Å². The molecule has 0 heterocycles. The molecular formula is C12H18O18W-6. The number of rotatable bonds is 0. The van der Waals surface area contributed by atoms with Gasteiger partial charge in [-0.25, -0.2) is 0 Å². The molecule has 0 aromatic carbocycles. The third-order valence-electron chi connectivity index (χ3n) is 1.00. The smallest absolute Gasteiger partial charge is 0.251 e. The van der Waals surface area contributed by atoms with Gasteiger partial charge in [-0.2, -0.15) is 0 Å². The van der Waals surface area contributed by atoms with Crippen LogP contribution in [-0.2, 0) is 49.5 Å². The third kappa shape index (κ3) is 225. The fraction of sp³-hybridized carbons (Fsp3) is 0.500. The van der Waals surface area contributed by atoms with Crippen molar-refractivity contribution in [2.45, 2.75) is 0 Å². The molecule has 31 heavy (non-hydrogen) atoms. The topological polar surface area (TPSA) is 296 Å². The van der Waals surface area contributed by atoms with Crippen LogP contribution in [0, 0.1) is 0 Å². The zero-order valence-electron chi connectivity index (χ0n) is 16.8. The predicted molar refractivity (Wildman–Crippen MR) is 74.4 cm³/mol. The minimum Gasteiger partial charge on any atom is -0.553 e. The van der Waals surface area contributed by atoms with Crippen molar-refractivity contribution in [3.05, 3.63) is 0 Å². The second kappa shape index (κ2) is 40.9. The molecule has 0 atom stereocenters. The van der Waals surface area contributed by atoms with Crippen LogP contribution in [-0.4, -0.2) is 79.6 Å². The summed E-state index contributed by atoms with van der Waals surface area (Å²) in [6, 6.07) is 0. The number of ether oxygens (including phenoxy) is 6. The Hall–Kier alpha value is -3.69. The molecule has 0 aliphatic rings. The summed E-state index contributed by atoms with van der Waals surface area (Å²) in [7, 11) is 6.22. The van der Waals surface area contributed by atoms with Gasteiger partial charge in [-0.05, 0) is 0 Å². The Morgan fingerprint density at radius 2 is 0.387 bits per heavy atom. The maximum Gasteiger partial charge on any atom is 0.251 e. The molecule has 0 bridgehead atoms. The molecule has 0 unspecified atom stereocenters. The van der Waals surface area contributed by atoms with E-state index in [-0.39, 0.29) is 21.1 Å². The molecule has 0 aromatic heterocycles. The van der Waals surface area contributed by atoms with E-state index in [0.29, 0.717) is 0 Å². The molecule has 0 aliphatic carbocycles. The Balaban J connectivity index is -0.0000000443. The second-order valence-electron chi connectivity index (χ2n) is 2.72. The molecule has 19 heteroatoms. The normalized spacial score (nSPS) is 6.39. The predicted octanol–water partition coefficient (Wildman–Crippen LogP) is -6.15. The van der Waals surface area contributed by atoms with Crippen molar-refractivity contribution in [1.82, 2.24) is 0 Å². The van der Waals surface area contributed by atoms with Crippen molar-refractivity contribution in [3.8, 4) is 0 Å². The van der Waals surface area contributed by atoms with Crippen LogP contribution >= 0.6 is 0 Å². The van der Waals surface area contributed by atoms with Crippen LogP contribution in [0.15, 0.2) is 0 Å². The molecule has 0 saturated heterocycles. The number of carbonyl (C=O) groups excluding carboxylic acids is 6. The maximum absolute atomic E-state index is 9.03. The van der Waals surface area contributed by atoms with Crippen molar-refractivity contribution in [1.29, 1.82) is 0 Å². The summed E-state index contributed by atoms with van der Waals surface area (Å²) >= 11 is 0. The number of hydrogen-bond acceptors (Lipinski definition) is 18. The number of carbonyl (C=O) groups is 6. The van der Waals surface area contributed by atoms with Crippen LogP contribution in [0.4, 0.5) is 28.8 Å². The summed E-state index contributed by atoms with van der Waals surface area (Å²) in [5, 5.41) is 54.2. The van der Waals surface area contributed by atoms with Gasteiger partial charge < -0.3 is 87.8 Å². The van der Waals surface area contributed by atoms with Crippen LogP contribution in [0.5, 0.6) is 0 Å². The third-order valence-corrected chi connectivity index (χ3v) is 1.00. The molecule has 0 radical (unpaired) electrons. The van der Waals surface area contributed by atoms with E-state index in [1.807, 2.05) is 0 Å². The molecule has 186 valence electrons. The molecule has 0 amide bonds. The largest absolute Gasteiger partial charge is 0.553 e. The summed E-state index contributed by atoms with van der Waals surface area (Å²) in [4.78, 5) is 54.2. The summed E-state index contributed by atoms with van der Waals surface area (Å²) in [6.07, 6.45) is -8.97.